The Morgan fingerprint density at radius 3 is 2.24 bits per heavy atom. The molecule has 0 saturated carbocycles. The van der Waals surface area contributed by atoms with Crippen molar-refractivity contribution >= 4 is 11.0 Å². The summed E-state index contributed by atoms with van der Waals surface area (Å²) in [6.45, 7) is 5.65. The Morgan fingerprint density at radius 1 is 1.06 bits per heavy atom. The maximum absolute atomic E-state index is 12.0. The molecule has 0 amide bonds. The van der Waals surface area contributed by atoms with E-state index in [9.17, 15) is 10.4 Å². The molecule has 0 spiro atoms. The molecule has 0 saturated heterocycles. The topological polar surface area (TPSA) is 63.1 Å². The van der Waals surface area contributed by atoms with Crippen molar-refractivity contribution in [2.75, 3.05) is 6.61 Å². The zero-order valence-corrected chi connectivity index (χ0v) is 10.1. The lowest BCUT2D eigenvalue weighted by molar-refractivity contribution is -0.638. The van der Waals surface area contributed by atoms with E-state index in [0.717, 1.165) is 9.46 Å². The lowest BCUT2D eigenvalue weighted by Crippen LogP contribution is -2.43. The molecule has 0 aliphatic rings. The summed E-state index contributed by atoms with van der Waals surface area (Å²) in [4.78, 5) is 0. The summed E-state index contributed by atoms with van der Waals surface area (Å²) in [5.74, 6) is 0.591. The van der Waals surface area contributed by atoms with E-state index in [1.165, 1.54) is 0 Å². The number of benzene rings is 1. The third-order valence-electron chi connectivity index (χ3n) is 2.83. The number of hydrogen-bond donors (Lipinski definition) is 0. The molecule has 1 aromatic carbocycles. The summed E-state index contributed by atoms with van der Waals surface area (Å²) >= 11 is 0. The normalized spacial score (nSPS) is 10.8. The van der Waals surface area contributed by atoms with Crippen LogP contribution in [0.2, 0.25) is 0 Å². The number of fused-ring (bicyclic) bond motifs is 1. The monoisotopic (exact) mass is 234 g/mol. The molecule has 0 atom stereocenters. The fraction of sp³-hybridized carbons (Fsp3) is 0.333. The molecule has 0 fully saturated rings. The van der Waals surface area contributed by atoms with Gasteiger partial charge in [0.05, 0.1) is 12.7 Å². The molecule has 2 rings (SSSR count). The number of rotatable bonds is 2. The van der Waals surface area contributed by atoms with Gasteiger partial charge in [0.15, 0.2) is 0 Å². The molecule has 1 heterocycles. The number of aromatic nitrogens is 2. The average Bonchev–Trinajstić information content (AvgIpc) is 2.34. The van der Waals surface area contributed by atoms with Gasteiger partial charge in [0.1, 0.15) is 5.75 Å². The fourth-order valence-corrected chi connectivity index (χ4v) is 1.75. The van der Waals surface area contributed by atoms with Gasteiger partial charge in [-0.1, -0.05) is 0 Å². The summed E-state index contributed by atoms with van der Waals surface area (Å²) in [6, 6.07) is 4.88. The minimum absolute atomic E-state index is 0.328. The van der Waals surface area contributed by atoms with Crippen molar-refractivity contribution < 1.29 is 14.2 Å². The SMILES string of the molecule is CCOc1ccc2c(c1)[n+]([O-])c(C)c(C)[n+]2[O-]. The maximum atomic E-state index is 12.0. The summed E-state index contributed by atoms with van der Waals surface area (Å²) in [6.07, 6.45) is 0. The van der Waals surface area contributed by atoms with Crippen molar-refractivity contribution in [3.05, 3.63) is 40.0 Å². The largest absolute Gasteiger partial charge is 0.618 e. The summed E-state index contributed by atoms with van der Waals surface area (Å²) < 4.78 is 6.85. The standard InChI is InChI=1S/C12H14N2O3/c1-4-17-10-5-6-11-12(7-10)14(16)9(3)8(2)13(11)15/h5-7H,4H2,1-3H3. The molecular formula is C12H14N2O3. The second-order valence-corrected chi connectivity index (χ2v) is 3.84. The van der Waals surface area contributed by atoms with E-state index in [1.54, 1.807) is 32.0 Å². The Morgan fingerprint density at radius 2 is 1.65 bits per heavy atom. The van der Waals surface area contributed by atoms with Gasteiger partial charge in [0.2, 0.25) is 0 Å². The molecule has 17 heavy (non-hydrogen) atoms. The Balaban J connectivity index is 2.77. The van der Waals surface area contributed by atoms with E-state index in [4.69, 9.17) is 4.74 Å². The van der Waals surface area contributed by atoms with Crippen LogP contribution in [0.25, 0.3) is 11.0 Å². The van der Waals surface area contributed by atoms with E-state index in [2.05, 4.69) is 0 Å². The van der Waals surface area contributed by atoms with Crippen molar-refractivity contribution in [2.24, 2.45) is 0 Å². The number of nitrogens with zero attached hydrogens (tertiary/aromatic N) is 2. The van der Waals surface area contributed by atoms with Crippen LogP contribution >= 0.6 is 0 Å². The van der Waals surface area contributed by atoms with E-state index in [0.29, 0.717) is 34.8 Å². The lowest BCUT2D eigenvalue weighted by atomic mass is 10.2. The predicted octanol–water partition coefficient (Wildman–Crippen LogP) is 1.12. The molecular weight excluding hydrogens is 220 g/mol. The van der Waals surface area contributed by atoms with E-state index in [1.807, 2.05) is 6.92 Å². The van der Waals surface area contributed by atoms with E-state index < -0.39 is 0 Å². The van der Waals surface area contributed by atoms with Gasteiger partial charge >= 0.3 is 0 Å². The highest BCUT2D eigenvalue weighted by Crippen LogP contribution is 2.17. The van der Waals surface area contributed by atoms with E-state index in [-0.39, 0.29) is 0 Å². The van der Waals surface area contributed by atoms with Crippen LogP contribution in [0, 0.1) is 24.3 Å². The van der Waals surface area contributed by atoms with Gasteiger partial charge in [-0.15, -0.1) is 0 Å². The van der Waals surface area contributed by atoms with Crippen LogP contribution in [0.1, 0.15) is 18.3 Å². The quantitative estimate of drug-likeness (QED) is 0.578. The summed E-state index contributed by atoms with van der Waals surface area (Å²) in [5.41, 5.74) is 1.50. The van der Waals surface area contributed by atoms with Crippen LogP contribution in [-0.2, 0) is 0 Å². The van der Waals surface area contributed by atoms with Gasteiger partial charge < -0.3 is 15.2 Å². The summed E-state index contributed by atoms with van der Waals surface area (Å²) in [5, 5.41) is 23.9. The van der Waals surface area contributed by atoms with Gasteiger partial charge in [0, 0.05) is 19.9 Å². The molecule has 90 valence electrons. The molecule has 0 unspecified atom stereocenters. The molecule has 5 nitrogen and oxygen atoms in total. The van der Waals surface area contributed by atoms with Crippen LogP contribution in [0.4, 0.5) is 0 Å². The van der Waals surface area contributed by atoms with Crippen molar-refractivity contribution in [1.82, 2.24) is 0 Å². The smallest absolute Gasteiger partial charge is 0.294 e. The first kappa shape index (κ1) is 11.4. The number of hydrogen-bond acceptors (Lipinski definition) is 3. The maximum Gasteiger partial charge on any atom is 0.294 e. The first-order chi connectivity index (χ1) is 8.06. The van der Waals surface area contributed by atoms with Gasteiger partial charge in [0.25, 0.3) is 22.4 Å². The van der Waals surface area contributed by atoms with Gasteiger partial charge in [-0.25, -0.2) is 0 Å². The zero-order chi connectivity index (χ0) is 12.6. The number of ether oxygens (including phenoxy) is 1. The van der Waals surface area contributed by atoms with Crippen molar-refractivity contribution in [3.63, 3.8) is 0 Å². The minimum Gasteiger partial charge on any atom is -0.618 e. The Kier molecular flexibility index (Phi) is 2.75. The fourth-order valence-electron chi connectivity index (χ4n) is 1.75. The van der Waals surface area contributed by atoms with Crippen LogP contribution < -0.4 is 14.2 Å². The molecule has 0 aliphatic carbocycles. The van der Waals surface area contributed by atoms with Crippen LogP contribution in [-0.4, -0.2) is 6.61 Å². The Labute approximate surface area is 99.0 Å². The molecule has 5 heteroatoms. The average molecular weight is 234 g/mol. The van der Waals surface area contributed by atoms with Gasteiger partial charge in [-0.05, 0) is 13.0 Å². The van der Waals surface area contributed by atoms with Crippen molar-refractivity contribution in [1.29, 1.82) is 0 Å². The van der Waals surface area contributed by atoms with Crippen molar-refractivity contribution in [3.8, 4) is 5.75 Å². The second kappa shape index (κ2) is 4.08. The highest BCUT2D eigenvalue weighted by Gasteiger charge is 2.21. The molecule has 0 aliphatic heterocycles. The second-order valence-electron chi connectivity index (χ2n) is 3.84. The highest BCUT2D eigenvalue weighted by molar-refractivity contribution is 5.70. The molecule has 1 aromatic heterocycles. The first-order valence-electron chi connectivity index (χ1n) is 5.45. The van der Waals surface area contributed by atoms with Crippen molar-refractivity contribution in [2.45, 2.75) is 20.8 Å². The third kappa shape index (κ3) is 1.73. The molecule has 0 radical (unpaired) electrons. The third-order valence-corrected chi connectivity index (χ3v) is 2.83. The predicted molar refractivity (Wildman–Crippen MR) is 62.5 cm³/mol. The van der Waals surface area contributed by atoms with Gasteiger partial charge in [-0.2, -0.15) is 9.46 Å². The highest BCUT2D eigenvalue weighted by atomic mass is 16.5. The van der Waals surface area contributed by atoms with Crippen LogP contribution in [0.15, 0.2) is 18.2 Å². The molecule has 0 bridgehead atoms. The zero-order valence-electron chi connectivity index (χ0n) is 10.1. The lowest BCUT2D eigenvalue weighted by Gasteiger charge is -2.10. The summed E-state index contributed by atoms with van der Waals surface area (Å²) in [7, 11) is 0. The van der Waals surface area contributed by atoms with Gasteiger partial charge in [-0.3, -0.25) is 0 Å². The van der Waals surface area contributed by atoms with E-state index >= 15 is 0 Å². The Hall–Kier alpha value is -2.04. The molecule has 2 aromatic rings. The first-order valence-corrected chi connectivity index (χ1v) is 5.45. The van der Waals surface area contributed by atoms with Crippen LogP contribution in [0.3, 0.4) is 0 Å². The minimum atomic E-state index is 0.328. The molecule has 0 N–H and O–H groups in total. The van der Waals surface area contributed by atoms with Crippen LogP contribution in [0.5, 0.6) is 5.75 Å². The Bertz CT molecular complexity index is 582.